The topological polar surface area (TPSA) is 209 Å². The van der Waals surface area contributed by atoms with Crippen LogP contribution in [0.1, 0.15) is 115 Å². The molecule has 0 saturated carbocycles. The summed E-state index contributed by atoms with van der Waals surface area (Å²) in [6.45, 7) is 8.32. The normalized spacial score (nSPS) is 20.8. The maximum Gasteiger partial charge on any atom is 0.319 e. The lowest BCUT2D eigenvalue weighted by Crippen LogP contribution is -2.51. The van der Waals surface area contributed by atoms with Crippen LogP contribution in [-0.4, -0.2) is 144 Å². The number of pyridine rings is 1. The number of phenolic OH excluding ortho intramolecular Hbond substituents is 1. The highest BCUT2D eigenvalue weighted by atomic mass is 19.1. The van der Waals surface area contributed by atoms with E-state index in [4.69, 9.17) is 20.9 Å². The number of amides is 3. The lowest BCUT2D eigenvalue weighted by Gasteiger charge is -2.35. The minimum Gasteiger partial charge on any atom is -0.508 e. The summed E-state index contributed by atoms with van der Waals surface area (Å²) in [6, 6.07) is 10.5. The number of aldehydes is 1. The molecule has 10 rings (SSSR count). The SMILES string of the molecule is C#Cc1c(F)ccc2cc(O)cc(-c3ncc4c(N5CC6CCC(C5)N6)nc(OCC56CCC(COC=O)N5CC(=C)C6)nc4c3F)c12.CNCCCCCCCCc1ccc2c(c1)C(=O)N(C(CCC=O)C(=O)NC)C2=O. The van der Waals surface area contributed by atoms with Crippen molar-refractivity contribution >= 4 is 58.0 Å². The van der Waals surface area contributed by atoms with Gasteiger partial charge in [-0.2, -0.15) is 9.97 Å². The third-order valence-electron chi connectivity index (χ3n) is 15.9. The number of aryl methyl sites for hydroxylation is 1. The minimum absolute atomic E-state index is 0.00472. The molecule has 2 aromatic heterocycles. The van der Waals surface area contributed by atoms with Crippen LogP contribution >= 0.6 is 0 Å². The fourth-order valence-corrected chi connectivity index (χ4v) is 12.2. The standard InChI is InChI=1S/C36H34F2N6O4.C23H33N3O4/c1-3-26-29(37)7-4-21-10-25(46)11-27(30(21)26)32-31(38)33-28(13-39-32)34(43-15-22-5-6-23(16-43)40-22)42-35(41-33)48-18-36-9-8-24(17-47-19-45)44(36)14-20(2)12-36;1-24-14-8-6-4-3-5-7-10-17-12-13-18-19(16-17)23(30)26(22(18)29)20(11-9-15-27)21(28)25-2/h1,4,7,10-11,13,19,22-24,40,46H,2,5-6,8-9,12,14-18H2;12-13,15-16,20,24H,3-11,14H2,1-2H3,(H,25,28). The molecule has 78 heavy (non-hydrogen) atoms. The molecular formula is C59H67F2N9O8. The Morgan fingerprint density at radius 2 is 1.74 bits per heavy atom. The number of carbonyl (C=O) groups is 5. The Bertz CT molecular complexity index is 3160. The van der Waals surface area contributed by atoms with Crippen molar-refractivity contribution < 1.29 is 47.3 Å². The van der Waals surface area contributed by atoms with E-state index in [0.717, 1.165) is 67.5 Å². The third-order valence-corrected chi connectivity index (χ3v) is 15.9. The minimum atomic E-state index is -0.973. The van der Waals surface area contributed by atoms with Gasteiger partial charge < -0.3 is 40.2 Å². The van der Waals surface area contributed by atoms with Crippen LogP contribution in [0.4, 0.5) is 14.6 Å². The monoisotopic (exact) mass is 1070 g/mol. The molecule has 3 amide bonds. The Morgan fingerprint density at radius 3 is 2.47 bits per heavy atom. The van der Waals surface area contributed by atoms with Crippen LogP contribution in [0.2, 0.25) is 0 Å². The number of imide groups is 1. The average molecular weight is 1070 g/mol. The highest BCUT2D eigenvalue weighted by molar-refractivity contribution is 6.23. The van der Waals surface area contributed by atoms with Gasteiger partial charge in [0.1, 0.15) is 54.1 Å². The van der Waals surface area contributed by atoms with Crippen molar-refractivity contribution in [2.45, 2.75) is 120 Å². The second kappa shape index (κ2) is 24.5. The van der Waals surface area contributed by atoms with Gasteiger partial charge in [-0.3, -0.25) is 34.0 Å². The van der Waals surface area contributed by atoms with Gasteiger partial charge in [0.25, 0.3) is 18.3 Å². The van der Waals surface area contributed by atoms with Gasteiger partial charge >= 0.3 is 6.01 Å². The van der Waals surface area contributed by atoms with Crippen molar-refractivity contribution in [3.8, 4) is 35.4 Å². The summed E-state index contributed by atoms with van der Waals surface area (Å²) in [5.74, 6) is -0.0159. The van der Waals surface area contributed by atoms with E-state index in [1.54, 1.807) is 12.1 Å². The average Bonchev–Trinajstić information content (AvgIpc) is 4.28. The van der Waals surface area contributed by atoms with Crippen LogP contribution in [0.5, 0.6) is 11.8 Å². The van der Waals surface area contributed by atoms with Crippen molar-refractivity contribution in [3.63, 3.8) is 0 Å². The Hall–Kier alpha value is -7.40. The van der Waals surface area contributed by atoms with E-state index in [1.165, 1.54) is 63.2 Å². The summed E-state index contributed by atoms with van der Waals surface area (Å²) in [6.07, 6.45) is 20.5. The zero-order chi connectivity index (χ0) is 55.1. The first kappa shape index (κ1) is 55.4. The highest BCUT2D eigenvalue weighted by Crippen LogP contribution is 2.45. The number of hydrogen-bond donors (Lipinski definition) is 4. The second-order valence-electron chi connectivity index (χ2n) is 21.1. The van der Waals surface area contributed by atoms with Gasteiger partial charge in [-0.05, 0) is 113 Å². The zero-order valence-corrected chi connectivity index (χ0v) is 44.3. The quantitative estimate of drug-likeness (QED) is 0.0182. The van der Waals surface area contributed by atoms with E-state index in [-0.39, 0.29) is 89.2 Å². The lowest BCUT2D eigenvalue weighted by molar-refractivity contribution is -0.130. The summed E-state index contributed by atoms with van der Waals surface area (Å²) in [7, 11) is 3.42. The van der Waals surface area contributed by atoms with Crippen molar-refractivity contribution in [2.24, 2.45) is 0 Å². The number of hydrogen-bond acceptors (Lipinski definition) is 15. The molecule has 2 bridgehead atoms. The zero-order valence-electron chi connectivity index (χ0n) is 44.3. The number of likely N-dealkylation sites (N-methyl/N-ethyl adjacent to an activating group) is 1. The predicted octanol–water partition coefficient (Wildman–Crippen LogP) is 6.94. The Labute approximate surface area is 452 Å². The van der Waals surface area contributed by atoms with E-state index in [0.29, 0.717) is 66.5 Å². The Balaban J connectivity index is 0.000000213. The molecule has 7 heterocycles. The van der Waals surface area contributed by atoms with E-state index in [1.807, 2.05) is 13.1 Å². The van der Waals surface area contributed by atoms with Crippen LogP contribution in [-0.2, 0) is 25.5 Å². The molecule has 410 valence electrons. The van der Waals surface area contributed by atoms with Gasteiger partial charge in [-0.1, -0.05) is 55.9 Å². The second-order valence-corrected chi connectivity index (χ2v) is 21.1. The fourth-order valence-electron chi connectivity index (χ4n) is 12.2. The number of fused-ring (bicyclic) bond motifs is 6. The van der Waals surface area contributed by atoms with Crippen LogP contribution < -0.4 is 25.6 Å². The number of aromatic hydroxyl groups is 1. The molecular weight excluding hydrogens is 1000 g/mol. The first-order chi connectivity index (χ1) is 37.8. The van der Waals surface area contributed by atoms with Gasteiger partial charge in [0.05, 0.1) is 27.6 Å². The van der Waals surface area contributed by atoms with Crippen molar-refractivity contribution in [2.75, 3.05) is 58.4 Å². The molecule has 5 aliphatic rings. The summed E-state index contributed by atoms with van der Waals surface area (Å²) < 4.78 is 43.3. The molecule has 5 aliphatic heterocycles. The van der Waals surface area contributed by atoms with Crippen LogP contribution in [0.15, 0.2) is 60.8 Å². The third kappa shape index (κ3) is 11.4. The smallest absolute Gasteiger partial charge is 0.319 e. The molecule has 4 N–H and O–H groups in total. The molecule has 5 atom stereocenters. The molecule has 19 heteroatoms. The summed E-state index contributed by atoms with van der Waals surface area (Å²) in [5.41, 5.74) is 2.35. The maximum absolute atomic E-state index is 16.9. The highest BCUT2D eigenvalue weighted by Gasteiger charge is 2.51. The molecule has 5 aromatic rings. The number of rotatable bonds is 22. The molecule has 0 spiro atoms. The summed E-state index contributed by atoms with van der Waals surface area (Å²) in [5, 5.41) is 20.9. The van der Waals surface area contributed by atoms with E-state index in [2.05, 4.69) is 48.2 Å². The fraction of sp³-hybridized carbons (Fsp3) is 0.458. The van der Waals surface area contributed by atoms with Crippen molar-refractivity contribution in [1.82, 2.24) is 40.7 Å². The number of carbonyl (C=O) groups excluding carboxylic acids is 5. The largest absolute Gasteiger partial charge is 0.508 e. The number of nitrogens with zero attached hydrogens (tertiary/aromatic N) is 6. The van der Waals surface area contributed by atoms with Crippen LogP contribution in [0, 0.1) is 24.0 Å². The van der Waals surface area contributed by atoms with Gasteiger partial charge in [0.2, 0.25) is 5.91 Å². The van der Waals surface area contributed by atoms with Gasteiger partial charge in [0.15, 0.2) is 5.82 Å². The van der Waals surface area contributed by atoms with Crippen molar-refractivity contribution in [3.05, 3.63) is 94.7 Å². The van der Waals surface area contributed by atoms with Gasteiger partial charge in [-0.25, -0.2) is 8.78 Å². The molecule has 4 saturated heterocycles. The van der Waals surface area contributed by atoms with E-state index < -0.39 is 35.4 Å². The lowest BCUT2D eigenvalue weighted by atomic mass is 9.94. The summed E-state index contributed by atoms with van der Waals surface area (Å²) >= 11 is 0. The van der Waals surface area contributed by atoms with Crippen LogP contribution in [0.3, 0.4) is 0 Å². The predicted molar refractivity (Wildman–Crippen MR) is 291 cm³/mol. The molecule has 3 aromatic carbocycles. The number of nitrogens with one attached hydrogen (secondary N) is 3. The number of aromatic nitrogens is 3. The molecule has 5 unspecified atom stereocenters. The number of piperazine rings is 1. The first-order valence-electron chi connectivity index (χ1n) is 27.0. The number of anilines is 1. The molecule has 4 fully saturated rings. The number of unbranched alkanes of at least 4 members (excludes halogenated alkanes) is 5. The van der Waals surface area contributed by atoms with Gasteiger partial charge in [-0.15, -0.1) is 6.42 Å². The number of terminal acetylenes is 1. The number of halogens is 2. The molecule has 0 aliphatic carbocycles. The van der Waals surface area contributed by atoms with Gasteiger partial charge in [0, 0.05) is 68.4 Å². The maximum atomic E-state index is 16.9. The first-order valence-corrected chi connectivity index (χ1v) is 27.0. The summed E-state index contributed by atoms with van der Waals surface area (Å²) in [4.78, 5) is 79.0. The van der Waals surface area contributed by atoms with Crippen molar-refractivity contribution in [1.29, 1.82) is 0 Å². The van der Waals surface area contributed by atoms with E-state index in [9.17, 15) is 33.5 Å². The molecule has 0 radical (unpaired) electrons. The van der Waals surface area contributed by atoms with Crippen LogP contribution in [0.25, 0.3) is 32.9 Å². The number of benzene rings is 3. The Morgan fingerprint density at radius 1 is 0.987 bits per heavy atom. The number of phenols is 1. The number of ether oxygens (including phenoxy) is 2. The van der Waals surface area contributed by atoms with E-state index >= 15 is 4.39 Å². The Kier molecular flexibility index (Phi) is 17.4. The molecule has 17 nitrogen and oxygen atoms in total.